The number of hydroxylamine groups is 5. The van der Waals surface area contributed by atoms with E-state index in [1.165, 1.54) is 31.6 Å². The van der Waals surface area contributed by atoms with Crippen molar-refractivity contribution < 1.29 is 104 Å². The number of urea groups is 8. The van der Waals surface area contributed by atoms with Crippen molar-refractivity contribution in [2.45, 2.75) is 112 Å². The van der Waals surface area contributed by atoms with Gasteiger partial charge in [-0.1, -0.05) is 16.7 Å². The molecule has 730 valence electrons. The molecule has 15 rings (SSSR count). The van der Waals surface area contributed by atoms with Crippen molar-refractivity contribution in [1.82, 2.24) is 141 Å². The number of aliphatic imine (C=N–C) groups is 3. The van der Waals surface area contributed by atoms with Crippen molar-refractivity contribution in [3.63, 3.8) is 0 Å². The maximum absolute atomic E-state index is 12.8. The summed E-state index contributed by atoms with van der Waals surface area (Å²) in [6.07, 6.45) is 12.2. The van der Waals surface area contributed by atoms with Gasteiger partial charge >= 0.3 is 76.6 Å². The number of oxime groups is 2. The molecule has 17 amide bonds. The fourth-order valence-corrected chi connectivity index (χ4v) is 17.4. The van der Waals surface area contributed by atoms with Gasteiger partial charge in [0.15, 0.2) is 29.9 Å². The summed E-state index contributed by atoms with van der Waals surface area (Å²) in [5.41, 5.74) is 41.1. The highest BCUT2D eigenvalue weighted by molar-refractivity contribution is 7.80. The highest BCUT2D eigenvalue weighted by atomic mass is 32.3. The Morgan fingerprint density at radius 2 is 0.784 bits per heavy atom. The second kappa shape index (κ2) is 42.6. The maximum Gasteiger partial charge on any atom is 0.418 e. The molecule has 0 radical (unpaired) electrons. The van der Waals surface area contributed by atoms with Gasteiger partial charge in [-0.15, -0.1) is 4.28 Å². The minimum Gasteiger partial charge on any atom is -0.409 e. The Hall–Kier alpha value is -14.8. The van der Waals surface area contributed by atoms with Gasteiger partial charge in [0, 0.05) is 192 Å². The topological polar surface area (TPSA) is 710 Å². The number of nitrogens with zero attached hydrogens (tertiary/aromatic N) is 26. The van der Waals surface area contributed by atoms with E-state index < -0.39 is 83.2 Å². The van der Waals surface area contributed by atoms with Gasteiger partial charge in [0.25, 0.3) is 5.91 Å². The number of likely N-dealkylation sites (N-methyl/N-ethyl adjacent to an activating group) is 6. The number of amides is 17. The lowest BCUT2D eigenvalue weighted by Gasteiger charge is -2.34. The van der Waals surface area contributed by atoms with Crippen LogP contribution in [-0.2, 0) is 93.3 Å². The van der Waals surface area contributed by atoms with Crippen LogP contribution < -0.4 is 61.0 Å². The van der Waals surface area contributed by atoms with Crippen molar-refractivity contribution in [1.29, 1.82) is 0 Å². The Labute approximate surface area is 765 Å². The van der Waals surface area contributed by atoms with Crippen LogP contribution in [0.3, 0.4) is 0 Å². The molecule has 0 spiro atoms. The Balaban J connectivity index is 0.000000162. The zero-order valence-electron chi connectivity index (χ0n) is 76.1. The van der Waals surface area contributed by atoms with E-state index in [2.05, 4.69) is 87.6 Å². The quantitative estimate of drug-likeness (QED) is 0.00533. The van der Waals surface area contributed by atoms with E-state index in [1.54, 1.807) is 176 Å². The van der Waals surface area contributed by atoms with Crippen molar-refractivity contribution in [3.05, 3.63) is 87.3 Å². The van der Waals surface area contributed by atoms with E-state index >= 15 is 0 Å². The first-order valence-electron chi connectivity index (χ1n) is 41.7. The molecule has 5 aromatic rings. The molecule has 5 fully saturated rings. The lowest BCUT2D eigenvalue weighted by atomic mass is 9.96. The molecule has 0 saturated carbocycles. The third-order valence-corrected chi connectivity index (χ3v) is 24.1. The number of rotatable bonds is 25. The molecule has 17 N–H and O–H groups in total. The molecule has 0 unspecified atom stereocenters. The number of aromatic nitrogens is 10. The van der Waals surface area contributed by atoms with E-state index in [0.717, 1.165) is 74.8 Å². The summed E-state index contributed by atoms with van der Waals surface area (Å²) >= 11 is 0. The summed E-state index contributed by atoms with van der Waals surface area (Å²) in [5.74, 6) is -1.45. The van der Waals surface area contributed by atoms with Crippen LogP contribution in [0.5, 0.6) is 0 Å². The first-order valence-corrected chi connectivity index (χ1v) is 43.1. The Bertz CT molecular complexity index is 5550. The third kappa shape index (κ3) is 20.7. The average Bonchev–Trinajstić information content (AvgIpc) is 1.66. The number of carbonyl (C=O) groups is 12. The van der Waals surface area contributed by atoms with Crippen molar-refractivity contribution >= 4 is 112 Å². The molecular formula is C74H111N37O22S. The van der Waals surface area contributed by atoms with Gasteiger partial charge in [-0.2, -0.15) is 33.9 Å². The first-order chi connectivity index (χ1) is 63.7. The van der Waals surface area contributed by atoms with Gasteiger partial charge in [0.05, 0.1) is 96.8 Å². The van der Waals surface area contributed by atoms with Crippen LogP contribution in [0.2, 0.25) is 0 Å². The van der Waals surface area contributed by atoms with E-state index in [4.69, 9.17) is 51.7 Å². The van der Waals surface area contributed by atoms with Gasteiger partial charge in [0.1, 0.15) is 36.0 Å². The van der Waals surface area contributed by atoms with Gasteiger partial charge in [-0.25, -0.2) is 74.7 Å². The zero-order chi connectivity index (χ0) is 97.9. The predicted octanol–water partition coefficient (Wildman–Crippen LogP) is -2.81. The number of unbranched alkanes of at least 4 members (excludes halogenated alkanes) is 2. The number of amidine groups is 5. The number of nitrogens with one attached hydrogen (secondary N) is 7. The van der Waals surface area contributed by atoms with Crippen molar-refractivity contribution in [2.24, 2.45) is 83.5 Å². The number of primary amides is 3. The molecule has 60 heteroatoms. The van der Waals surface area contributed by atoms with Gasteiger partial charge < -0.3 is 102 Å². The van der Waals surface area contributed by atoms with E-state index in [0.29, 0.717) is 69.5 Å². The molecule has 5 saturated heterocycles. The minimum absolute atomic E-state index is 0.0232. The molecule has 134 heavy (non-hydrogen) atoms. The number of hydrogen-bond donors (Lipinski definition) is 13. The molecule has 10 bridgehead atoms. The van der Waals surface area contributed by atoms with Crippen LogP contribution in [0.1, 0.15) is 168 Å². The molecule has 0 aliphatic carbocycles. The van der Waals surface area contributed by atoms with E-state index in [-0.39, 0.29) is 116 Å². The highest BCUT2D eigenvalue weighted by Gasteiger charge is 2.56. The fraction of sp³-hybridized carbons (Fsp3) is 0.568. The highest BCUT2D eigenvalue weighted by Crippen LogP contribution is 2.49. The summed E-state index contributed by atoms with van der Waals surface area (Å²) in [6, 6.07) is -6.38. The summed E-state index contributed by atoms with van der Waals surface area (Å²) < 4.78 is 41.3. The molecule has 10 aliphatic rings. The number of carbonyl (C=O) groups excluding carboxylic acids is 12. The number of fused-ring (bicyclic) bond motifs is 20. The second-order valence-electron chi connectivity index (χ2n) is 31.8. The van der Waals surface area contributed by atoms with Crippen LogP contribution in [0.15, 0.2) is 56.3 Å². The van der Waals surface area contributed by atoms with Gasteiger partial charge in [0.2, 0.25) is 0 Å². The lowest BCUT2D eigenvalue weighted by molar-refractivity contribution is -0.149. The largest absolute Gasteiger partial charge is 0.418 e. The minimum atomic E-state index is -4.82. The predicted molar refractivity (Wildman–Crippen MR) is 463 cm³/mol. The van der Waals surface area contributed by atoms with Gasteiger partial charge in [-0.05, 0) is 32.2 Å². The van der Waals surface area contributed by atoms with E-state index in [1.807, 2.05) is 7.05 Å². The molecular weight excluding hydrogens is 1790 g/mol. The molecule has 10 atom stereocenters. The number of aryl methyl sites for hydroxylation is 5. The first kappa shape index (κ1) is 99.8. The molecule has 0 aromatic carbocycles. The molecule has 5 aromatic heterocycles. The Kier molecular flexibility index (Phi) is 31.7. The number of hydrogen-bond acceptors (Lipinski definition) is 32. The molecule has 15 heterocycles. The summed E-state index contributed by atoms with van der Waals surface area (Å²) in [5, 5.41) is 42.6. The summed E-state index contributed by atoms with van der Waals surface area (Å²) in [7, 11) is 20.2. The zero-order valence-corrected chi connectivity index (χ0v) is 76.9. The van der Waals surface area contributed by atoms with Crippen LogP contribution in [0.25, 0.3) is 0 Å². The van der Waals surface area contributed by atoms with Crippen LogP contribution in [0, 0.1) is 0 Å². The fourth-order valence-electron chi connectivity index (χ4n) is 17.2. The molecule has 59 nitrogen and oxygen atoms in total. The van der Waals surface area contributed by atoms with Crippen LogP contribution in [0.4, 0.5) is 38.4 Å². The van der Waals surface area contributed by atoms with Crippen molar-refractivity contribution in [2.75, 3.05) is 130 Å². The van der Waals surface area contributed by atoms with Gasteiger partial charge in [-0.3, -0.25) is 67.8 Å². The maximum atomic E-state index is 12.8. The number of nitrogens with two attached hydrogens (primary N) is 4. The lowest BCUT2D eigenvalue weighted by Crippen LogP contribution is -2.48. The summed E-state index contributed by atoms with van der Waals surface area (Å²) in [6.45, 7) is 2.82. The van der Waals surface area contributed by atoms with Crippen LogP contribution in [-0.4, -0.2) is 352 Å². The average molecular weight is 1900 g/mol. The van der Waals surface area contributed by atoms with Crippen molar-refractivity contribution in [3.8, 4) is 0 Å². The Morgan fingerprint density at radius 3 is 1.10 bits per heavy atom. The second-order valence-corrected chi connectivity index (χ2v) is 32.8. The smallest absolute Gasteiger partial charge is 0.409 e. The summed E-state index contributed by atoms with van der Waals surface area (Å²) in [4.78, 5) is 199. The third-order valence-electron chi connectivity index (χ3n) is 23.9. The van der Waals surface area contributed by atoms with E-state index in [9.17, 15) is 71.2 Å². The monoisotopic (exact) mass is 1900 g/mol. The normalized spacial score (nSPS) is 21.6. The Morgan fingerprint density at radius 1 is 0.463 bits per heavy atom. The SMILES string of the molecule is CN(C(N)=O)/C(=N\OC(=O)CCCNC(N)=O)[C@@H]1c2c(cnn2C)[C@@H]2CN1C(=O)N2C.CN=C(NOC(=O)CCCCCN)[C@@H]1c2c(cnn2C)[C@@H]2CN1C(=O)N2C.CN=C(NOC(=O)CCCNC(N)=O)[C@@H]1c2c(cnn2C)[C@@H]2CN1C(=O)N2C.CN=C(NOCC(=O)NOS(=O)(=O)O)[C@@H]1c2c(cnn2C)[C@@H]2CN1C(=O)N2C.CON/C(=N\O)[C@@H]1c2c(cnn2C)[C@@H]2CN1C(=O)N2C. The van der Waals surface area contributed by atoms with Crippen LogP contribution >= 0.6 is 0 Å². The molecule has 10 aliphatic heterocycles. The standard InChI is InChI=1S/C17H25N9O5.C17H27N7O3.C16H24N8O4.C13H19N7O7S.C11H16N6O3/c1-23-10-8-26(17(23)30)13(12-9(10)7-21-25(12)3)14(24(2)16(19)29)22-31-11(27)5-4-6-20-15(18)28;1-19-16(21-27-13(25)7-5-4-6-8-18)15-14-11(9-20-23(14)3)12-10-24(15)17(26)22(12)2;1-18-14(21-28-11(25)5-4-6-19-15(17)26)13-12-9(7-20-23(12)3)10-8-24(13)16(27)22(10)2;1-14-12(17-26-6-9(21)16-27-28(23,24)25)11-10-7(4-15-19(10)3)8-5-20(11)13(22)18(8)2;1-15-7-5-17(11(15)18)9(10(13-19)14-20-3)8-6(7)4-12-16(8)2/h7,10,13H,4-6,8H2,1-3H3,(H2,19,29)(H3,18,20,28);9,12,15H,4-8,10,18H2,1-3H3,(H,19,21);7,10,13H,4-6,8H2,1-3H3,(H,18,21)(H3,17,19,26);4,8,11H,5-6H2,1-3H3,(H,14,17)(H,16,21)(H,23,24,25);4,7,9,19H,5H2,1-3H3,(H,13,14)/b22-14-;;;;/t10-,13-;12-,15-;10-,13-;8-,11-;7-,9-/m00000/s1.